The van der Waals surface area contributed by atoms with Crippen molar-refractivity contribution in [2.75, 3.05) is 0 Å². The van der Waals surface area contributed by atoms with Gasteiger partial charge in [-0.25, -0.2) is 9.82 Å². The molecule has 0 heterocycles. The highest BCUT2D eigenvalue weighted by molar-refractivity contribution is 9.10. The lowest BCUT2D eigenvalue weighted by atomic mass is 9.97. The smallest absolute Gasteiger partial charge is 0.124 e. The molecule has 3 rings (SSSR count). The van der Waals surface area contributed by atoms with E-state index in [4.69, 9.17) is 5.84 Å². The second-order valence-corrected chi connectivity index (χ2v) is 5.73. The number of nitrogens with one attached hydrogen (secondary N) is 1. The maximum absolute atomic E-state index is 13.2. The Labute approximate surface area is 130 Å². The van der Waals surface area contributed by atoms with E-state index in [0.29, 0.717) is 4.47 Å². The van der Waals surface area contributed by atoms with Gasteiger partial charge in [-0.3, -0.25) is 5.84 Å². The van der Waals surface area contributed by atoms with Crippen molar-refractivity contribution in [3.05, 3.63) is 82.1 Å². The highest BCUT2D eigenvalue weighted by Gasteiger charge is 2.16. The van der Waals surface area contributed by atoms with Gasteiger partial charge in [0.05, 0.1) is 6.04 Å². The Hall–Kier alpha value is -1.75. The number of benzene rings is 3. The summed E-state index contributed by atoms with van der Waals surface area (Å²) in [5.74, 6) is 5.45. The van der Waals surface area contributed by atoms with Gasteiger partial charge in [0, 0.05) is 4.47 Å². The Kier molecular flexibility index (Phi) is 4.01. The van der Waals surface area contributed by atoms with E-state index in [1.54, 1.807) is 6.07 Å². The first-order valence-corrected chi connectivity index (χ1v) is 7.38. The minimum absolute atomic E-state index is 0.204. The summed E-state index contributed by atoms with van der Waals surface area (Å²) in [4.78, 5) is 0. The summed E-state index contributed by atoms with van der Waals surface area (Å²) < 4.78 is 13.9. The zero-order chi connectivity index (χ0) is 14.8. The lowest BCUT2D eigenvalue weighted by Crippen LogP contribution is -2.29. The SMILES string of the molecule is NNC(c1ccc2ccccc2c1)c1ccc(F)cc1Br. The predicted octanol–water partition coefficient (Wildman–Crippen LogP) is 4.29. The predicted molar refractivity (Wildman–Crippen MR) is 87.2 cm³/mol. The summed E-state index contributed by atoms with van der Waals surface area (Å²) in [5, 5.41) is 2.32. The third kappa shape index (κ3) is 2.83. The van der Waals surface area contributed by atoms with Crippen molar-refractivity contribution in [3.63, 3.8) is 0 Å². The van der Waals surface area contributed by atoms with E-state index >= 15 is 0 Å². The number of fused-ring (bicyclic) bond motifs is 1. The third-order valence-corrected chi connectivity index (χ3v) is 4.23. The second-order valence-electron chi connectivity index (χ2n) is 4.87. The van der Waals surface area contributed by atoms with Gasteiger partial charge < -0.3 is 0 Å². The normalized spacial score (nSPS) is 12.5. The van der Waals surface area contributed by atoms with Crippen LogP contribution in [0, 0.1) is 5.82 Å². The van der Waals surface area contributed by atoms with Crippen molar-refractivity contribution in [2.45, 2.75) is 6.04 Å². The molecule has 0 bridgehead atoms. The van der Waals surface area contributed by atoms with Crippen molar-refractivity contribution >= 4 is 26.7 Å². The molecule has 3 aromatic carbocycles. The van der Waals surface area contributed by atoms with Gasteiger partial charge >= 0.3 is 0 Å². The zero-order valence-corrected chi connectivity index (χ0v) is 12.8. The molecular formula is C17H14BrFN2. The molecule has 0 radical (unpaired) electrons. The van der Waals surface area contributed by atoms with E-state index < -0.39 is 0 Å². The first-order chi connectivity index (χ1) is 10.2. The molecule has 3 N–H and O–H groups in total. The standard InChI is InChI=1S/C17H14BrFN2/c18-16-10-14(19)7-8-15(16)17(21-20)13-6-5-11-3-1-2-4-12(11)9-13/h1-10,17,21H,20H2. The number of halogens is 2. The van der Waals surface area contributed by atoms with Gasteiger partial charge in [-0.05, 0) is 40.1 Å². The monoisotopic (exact) mass is 344 g/mol. The molecule has 0 saturated heterocycles. The molecule has 0 fully saturated rings. The lowest BCUT2D eigenvalue weighted by Gasteiger charge is -2.19. The molecule has 0 aliphatic rings. The molecule has 0 aliphatic heterocycles. The van der Waals surface area contributed by atoms with Crippen LogP contribution in [-0.2, 0) is 0 Å². The average molecular weight is 345 g/mol. The Morgan fingerprint density at radius 2 is 1.71 bits per heavy atom. The molecule has 1 atom stereocenters. The van der Waals surface area contributed by atoms with Gasteiger partial charge in [0.1, 0.15) is 5.82 Å². The number of hydrogen-bond donors (Lipinski definition) is 2. The summed E-state index contributed by atoms with van der Waals surface area (Å²) >= 11 is 3.40. The molecule has 1 unspecified atom stereocenters. The summed E-state index contributed by atoms with van der Waals surface area (Å²) in [7, 11) is 0. The Bertz CT molecular complexity index is 789. The van der Waals surface area contributed by atoms with Crippen LogP contribution in [0.15, 0.2) is 65.1 Å². The topological polar surface area (TPSA) is 38.0 Å². The fraction of sp³-hybridized carbons (Fsp3) is 0.0588. The van der Waals surface area contributed by atoms with Crippen LogP contribution in [0.1, 0.15) is 17.2 Å². The van der Waals surface area contributed by atoms with Crippen LogP contribution in [0.2, 0.25) is 0 Å². The summed E-state index contributed by atoms with van der Waals surface area (Å²) in [6, 6.07) is 18.7. The maximum atomic E-state index is 13.2. The third-order valence-electron chi connectivity index (χ3n) is 3.55. The highest BCUT2D eigenvalue weighted by Crippen LogP contribution is 2.30. The van der Waals surface area contributed by atoms with Crippen molar-refractivity contribution in [2.24, 2.45) is 5.84 Å². The fourth-order valence-electron chi connectivity index (χ4n) is 2.49. The van der Waals surface area contributed by atoms with Gasteiger partial charge in [-0.15, -0.1) is 0 Å². The van der Waals surface area contributed by atoms with Crippen molar-refractivity contribution < 1.29 is 4.39 Å². The summed E-state index contributed by atoms with van der Waals surface area (Å²) in [6.45, 7) is 0. The van der Waals surface area contributed by atoms with E-state index in [1.807, 2.05) is 18.2 Å². The molecule has 3 aromatic rings. The van der Waals surface area contributed by atoms with Crippen molar-refractivity contribution in [3.8, 4) is 0 Å². The molecule has 0 saturated carbocycles. The van der Waals surface area contributed by atoms with E-state index in [0.717, 1.165) is 16.5 Å². The second kappa shape index (κ2) is 5.93. The molecule has 0 aromatic heterocycles. The van der Waals surface area contributed by atoms with Crippen LogP contribution < -0.4 is 11.3 Å². The fourth-order valence-corrected chi connectivity index (χ4v) is 3.07. The largest absolute Gasteiger partial charge is 0.271 e. The van der Waals surface area contributed by atoms with Gasteiger partial charge in [0.15, 0.2) is 0 Å². The molecule has 0 spiro atoms. The molecular weight excluding hydrogens is 331 g/mol. The van der Waals surface area contributed by atoms with Crippen LogP contribution in [0.4, 0.5) is 4.39 Å². The molecule has 2 nitrogen and oxygen atoms in total. The van der Waals surface area contributed by atoms with Crippen LogP contribution in [0.3, 0.4) is 0 Å². The number of hydrazine groups is 1. The van der Waals surface area contributed by atoms with Crippen LogP contribution in [-0.4, -0.2) is 0 Å². The van der Waals surface area contributed by atoms with Crippen LogP contribution in [0.5, 0.6) is 0 Å². The number of hydrogen-bond acceptors (Lipinski definition) is 2. The maximum Gasteiger partial charge on any atom is 0.124 e. The number of rotatable bonds is 3. The van der Waals surface area contributed by atoms with Gasteiger partial charge in [-0.2, -0.15) is 0 Å². The Balaban J connectivity index is 2.09. The summed E-state index contributed by atoms with van der Waals surface area (Å²) in [6.07, 6.45) is 0. The van der Waals surface area contributed by atoms with E-state index in [9.17, 15) is 4.39 Å². The van der Waals surface area contributed by atoms with Crippen LogP contribution >= 0.6 is 15.9 Å². The quantitative estimate of drug-likeness (QED) is 0.549. The van der Waals surface area contributed by atoms with E-state index in [1.165, 1.54) is 17.5 Å². The highest BCUT2D eigenvalue weighted by atomic mass is 79.9. The van der Waals surface area contributed by atoms with Gasteiger partial charge in [0.25, 0.3) is 0 Å². The van der Waals surface area contributed by atoms with Crippen LogP contribution in [0.25, 0.3) is 10.8 Å². The lowest BCUT2D eigenvalue weighted by molar-refractivity contribution is 0.613. The molecule has 21 heavy (non-hydrogen) atoms. The van der Waals surface area contributed by atoms with Crippen molar-refractivity contribution in [1.29, 1.82) is 0 Å². The summed E-state index contributed by atoms with van der Waals surface area (Å²) in [5.41, 5.74) is 4.74. The molecule has 4 heteroatoms. The first kappa shape index (κ1) is 14.2. The molecule has 0 amide bonds. The average Bonchev–Trinajstić information content (AvgIpc) is 2.50. The number of nitrogens with two attached hydrogens (primary N) is 1. The van der Waals surface area contributed by atoms with Crippen molar-refractivity contribution in [1.82, 2.24) is 5.43 Å². The van der Waals surface area contributed by atoms with E-state index in [2.05, 4.69) is 45.6 Å². The zero-order valence-electron chi connectivity index (χ0n) is 11.2. The minimum atomic E-state index is -0.278. The Morgan fingerprint density at radius 3 is 2.43 bits per heavy atom. The van der Waals surface area contributed by atoms with E-state index in [-0.39, 0.29) is 11.9 Å². The minimum Gasteiger partial charge on any atom is -0.271 e. The van der Waals surface area contributed by atoms with Gasteiger partial charge in [0.2, 0.25) is 0 Å². The molecule has 0 aliphatic carbocycles. The van der Waals surface area contributed by atoms with Gasteiger partial charge in [-0.1, -0.05) is 58.4 Å². The Morgan fingerprint density at radius 1 is 0.952 bits per heavy atom. The molecule has 106 valence electrons. The first-order valence-electron chi connectivity index (χ1n) is 6.59.